The average molecular weight is 292 g/mol. The quantitative estimate of drug-likeness (QED) is 0.495. The van der Waals surface area contributed by atoms with Crippen molar-refractivity contribution in [1.29, 1.82) is 0 Å². The van der Waals surface area contributed by atoms with E-state index in [1.807, 2.05) is 0 Å². The third-order valence-electron chi connectivity index (χ3n) is 4.41. The Hall–Kier alpha value is -1.66. The fraction of sp³-hybridized carbons (Fsp3) is 0.600. The molecular formula is C15H24N4O2. The summed E-state index contributed by atoms with van der Waals surface area (Å²) in [6.45, 7) is 2.96. The zero-order valence-electron chi connectivity index (χ0n) is 12.7. The van der Waals surface area contributed by atoms with Gasteiger partial charge in [0.15, 0.2) is 0 Å². The van der Waals surface area contributed by atoms with Crippen LogP contribution >= 0.6 is 0 Å². The molecule has 2 rings (SSSR count). The predicted molar refractivity (Wildman–Crippen MR) is 83.8 cm³/mol. The molecule has 21 heavy (non-hydrogen) atoms. The zero-order valence-corrected chi connectivity index (χ0v) is 12.7. The minimum atomic E-state index is -0.369. The number of nitro groups is 1. The number of nitrogens with zero attached hydrogens (tertiary/aromatic N) is 2. The van der Waals surface area contributed by atoms with E-state index in [9.17, 15) is 10.1 Å². The number of nitro benzene ring substituents is 1. The highest BCUT2D eigenvalue weighted by atomic mass is 16.6. The molecule has 0 radical (unpaired) electrons. The van der Waals surface area contributed by atoms with E-state index in [1.165, 1.54) is 31.7 Å². The first kappa shape index (κ1) is 15.7. The van der Waals surface area contributed by atoms with Crippen molar-refractivity contribution < 1.29 is 4.92 Å². The Kier molecular flexibility index (Phi) is 5.14. The van der Waals surface area contributed by atoms with Crippen LogP contribution in [0.5, 0.6) is 0 Å². The molecule has 6 heteroatoms. The Balaban J connectivity index is 2.13. The number of nitrogens with one attached hydrogen (secondary N) is 1. The second-order valence-electron chi connectivity index (χ2n) is 6.08. The lowest BCUT2D eigenvalue weighted by Crippen LogP contribution is -2.35. The van der Waals surface area contributed by atoms with Gasteiger partial charge in [0, 0.05) is 24.7 Å². The second-order valence-corrected chi connectivity index (χ2v) is 6.08. The van der Waals surface area contributed by atoms with E-state index >= 15 is 0 Å². The van der Waals surface area contributed by atoms with Crippen molar-refractivity contribution in [3.05, 3.63) is 33.9 Å². The zero-order chi connectivity index (χ0) is 15.4. The van der Waals surface area contributed by atoms with Gasteiger partial charge in [0.1, 0.15) is 0 Å². The molecule has 1 saturated carbocycles. The van der Waals surface area contributed by atoms with Crippen LogP contribution in [0.3, 0.4) is 0 Å². The van der Waals surface area contributed by atoms with Crippen LogP contribution in [0.4, 0.5) is 11.4 Å². The van der Waals surface area contributed by atoms with Crippen molar-refractivity contribution in [2.45, 2.75) is 45.2 Å². The summed E-state index contributed by atoms with van der Waals surface area (Å²) in [6, 6.07) is 5.29. The van der Waals surface area contributed by atoms with Crippen molar-refractivity contribution in [2.24, 2.45) is 11.8 Å². The molecule has 2 atom stereocenters. The minimum absolute atomic E-state index is 0.106. The summed E-state index contributed by atoms with van der Waals surface area (Å²) < 4.78 is 0. The molecule has 1 aromatic carbocycles. The minimum Gasteiger partial charge on any atom is -0.324 e. The number of anilines is 1. The van der Waals surface area contributed by atoms with Gasteiger partial charge in [0.2, 0.25) is 0 Å². The lowest BCUT2D eigenvalue weighted by atomic mass is 9.86. The van der Waals surface area contributed by atoms with E-state index in [0.29, 0.717) is 12.6 Å². The highest BCUT2D eigenvalue weighted by Crippen LogP contribution is 2.29. The van der Waals surface area contributed by atoms with Gasteiger partial charge in [-0.2, -0.15) is 0 Å². The fourth-order valence-electron chi connectivity index (χ4n) is 3.17. The highest BCUT2D eigenvalue weighted by molar-refractivity contribution is 5.55. The molecule has 0 aliphatic heterocycles. The third kappa shape index (κ3) is 3.92. The summed E-state index contributed by atoms with van der Waals surface area (Å²) in [4.78, 5) is 12.8. The fourth-order valence-corrected chi connectivity index (χ4v) is 3.17. The molecule has 0 amide bonds. The van der Waals surface area contributed by atoms with Gasteiger partial charge in [-0.25, -0.2) is 0 Å². The maximum atomic E-state index is 10.9. The standard InChI is InChI=1S/C15H24N4O2/c1-11-4-3-5-13(8-11)18(2)10-12-9-14(19(20)21)6-7-15(12)17-16/h6-7,9,11,13,17H,3-5,8,10,16H2,1-2H3. The number of non-ortho nitro benzene ring substituents is 1. The van der Waals surface area contributed by atoms with Gasteiger partial charge in [-0.3, -0.25) is 20.9 Å². The lowest BCUT2D eigenvalue weighted by molar-refractivity contribution is -0.384. The number of hydrazine groups is 1. The number of hydrogen-bond donors (Lipinski definition) is 2. The van der Waals surface area contributed by atoms with Crippen LogP contribution in [-0.4, -0.2) is 22.9 Å². The Bertz CT molecular complexity index is 506. The van der Waals surface area contributed by atoms with Crippen LogP contribution in [0, 0.1) is 16.0 Å². The molecular weight excluding hydrogens is 268 g/mol. The first-order valence-corrected chi connectivity index (χ1v) is 7.45. The SMILES string of the molecule is CC1CCCC(N(C)Cc2cc([N+](=O)[O-])ccc2NN)C1. The van der Waals surface area contributed by atoms with Crippen molar-refractivity contribution in [2.75, 3.05) is 12.5 Å². The monoisotopic (exact) mass is 292 g/mol. The van der Waals surface area contributed by atoms with Crippen molar-refractivity contribution in [3.63, 3.8) is 0 Å². The number of rotatable bonds is 5. The van der Waals surface area contributed by atoms with Crippen LogP contribution < -0.4 is 11.3 Å². The summed E-state index contributed by atoms with van der Waals surface area (Å²) in [5.41, 5.74) is 4.35. The van der Waals surface area contributed by atoms with E-state index in [-0.39, 0.29) is 10.6 Å². The van der Waals surface area contributed by atoms with Gasteiger partial charge in [0.05, 0.1) is 10.6 Å². The van der Waals surface area contributed by atoms with Crippen LogP contribution in [0.1, 0.15) is 38.2 Å². The normalized spacial score (nSPS) is 22.3. The summed E-state index contributed by atoms with van der Waals surface area (Å²) in [5.74, 6) is 6.27. The Morgan fingerprint density at radius 2 is 2.24 bits per heavy atom. The number of benzene rings is 1. The molecule has 0 spiro atoms. The highest BCUT2D eigenvalue weighted by Gasteiger charge is 2.23. The summed E-state index contributed by atoms with van der Waals surface area (Å²) >= 11 is 0. The third-order valence-corrected chi connectivity index (χ3v) is 4.41. The predicted octanol–water partition coefficient (Wildman–Crippen LogP) is 2.89. The van der Waals surface area contributed by atoms with Gasteiger partial charge in [-0.05, 0) is 37.4 Å². The molecule has 1 aromatic rings. The molecule has 1 fully saturated rings. The van der Waals surface area contributed by atoms with E-state index in [0.717, 1.165) is 17.2 Å². The van der Waals surface area contributed by atoms with Crippen molar-refractivity contribution >= 4 is 11.4 Å². The van der Waals surface area contributed by atoms with Crippen molar-refractivity contribution in [3.8, 4) is 0 Å². The van der Waals surface area contributed by atoms with Crippen LogP contribution in [0.2, 0.25) is 0 Å². The molecule has 2 unspecified atom stereocenters. The smallest absolute Gasteiger partial charge is 0.269 e. The van der Waals surface area contributed by atoms with Gasteiger partial charge in [-0.1, -0.05) is 19.8 Å². The second kappa shape index (κ2) is 6.87. The number of nitrogen functional groups attached to an aromatic ring is 1. The topological polar surface area (TPSA) is 84.4 Å². The van der Waals surface area contributed by atoms with Gasteiger partial charge in [-0.15, -0.1) is 0 Å². The maximum absolute atomic E-state index is 10.9. The molecule has 116 valence electrons. The van der Waals surface area contributed by atoms with Gasteiger partial charge in [0.25, 0.3) is 5.69 Å². The molecule has 1 aliphatic carbocycles. The molecule has 0 aromatic heterocycles. The van der Waals surface area contributed by atoms with E-state index in [2.05, 4.69) is 24.3 Å². The van der Waals surface area contributed by atoms with E-state index in [1.54, 1.807) is 12.1 Å². The van der Waals surface area contributed by atoms with Crippen molar-refractivity contribution in [1.82, 2.24) is 4.90 Å². The molecule has 6 nitrogen and oxygen atoms in total. The molecule has 0 bridgehead atoms. The molecule has 1 aliphatic rings. The average Bonchev–Trinajstić information content (AvgIpc) is 2.47. The maximum Gasteiger partial charge on any atom is 0.269 e. The summed E-state index contributed by atoms with van der Waals surface area (Å²) in [5, 5.41) is 10.9. The number of nitrogens with two attached hydrogens (primary N) is 1. The first-order chi connectivity index (χ1) is 10.0. The molecule has 0 saturated heterocycles. The first-order valence-electron chi connectivity index (χ1n) is 7.45. The Morgan fingerprint density at radius 3 is 2.86 bits per heavy atom. The number of hydrogen-bond acceptors (Lipinski definition) is 5. The Morgan fingerprint density at radius 1 is 1.48 bits per heavy atom. The van der Waals surface area contributed by atoms with Crippen LogP contribution in [-0.2, 0) is 6.54 Å². The van der Waals surface area contributed by atoms with E-state index in [4.69, 9.17) is 5.84 Å². The lowest BCUT2D eigenvalue weighted by Gasteiger charge is -2.34. The van der Waals surface area contributed by atoms with Crippen LogP contribution in [0.25, 0.3) is 0 Å². The Labute approximate surface area is 125 Å². The van der Waals surface area contributed by atoms with Gasteiger partial charge >= 0.3 is 0 Å². The molecule has 0 heterocycles. The molecule has 3 N–H and O–H groups in total. The summed E-state index contributed by atoms with van der Waals surface area (Å²) in [6.07, 6.45) is 4.95. The largest absolute Gasteiger partial charge is 0.324 e. The summed E-state index contributed by atoms with van der Waals surface area (Å²) in [7, 11) is 2.09. The van der Waals surface area contributed by atoms with Gasteiger partial charge < -0.3 is 5.43 Å². The van der Waals surface area contributed by atoms with E-state index < -0.39 is 0 Å². The van der Waals surface area contributed by atoms with Crippen LogP contribution in [0.15, 0.2) is 18.2 Å².